The van der Waals surface area contributed by atoms with Gasteiger partial charge in [0.15, 0.2) is 11.0 Å². The molecule has 0 spiro atoms. The van der Waals surface area contributed by atoms with Crippen LogP contribution < -0.4 is 0 Å². The highest BCUT2D eigenvalue weighted by atomic mass is 35.5. The maximum absolute atomic E-state index is 12.9. The van der Waals surface area contributed by atoms with Crippen LogP contribution in [-0.2, 0) is 0 Å². The van der Waals surface area contributed by atoms with Crippen LogP contribution in [0.2, 0.25) is 5.22 Å². The molecule has 0 fully saturated rings. The van der Waals surface area contributed by atoms with E-state index in [-0.39, 0.29) is 11.8 Å². The number of carbonyl (C=O) groups is 1. The van der Waals surface area contributed by atoms with Crippen LogP contribution >= 0.6 is 11.6 Å². The third kappa shape index (κ3) is 2.22. The summed E-state index contributed by atoms with van der Waals surface area (Å²) in [5.41, 5.74) is 4.72. The van der Waals surface area contributed by atoms with Crippen LogP contribution in [0, 0.1) is 0 Å². The van der Waals surface area contributed by atoms with Gasteiger partial charge in [-0.3, -0.25) is 4.79 Å². The Bertz CT molecular complexity index is 1130. The van der Waals surface area contributed by atoms with Crippen molar-refractivity contribution in [2.75, 3.05) is 0 Å². The van der Waals surface area contributed by atoms with E-state index in [1.54, 1.807) is 24.5 Å². The van der Waals surface area contributed by atoms with Crippen molar-refractivity contribution in [3.05, 3.63) is 77.4 Å². The molecule has 0 radical (unpaired) electrons. The number of hydrogen-bond donors (Lipinski definition) is 0. The number of benzene rings is 2. The zero-order valence-corrected chi connectivity index (χ0v) is 13.9. The van der Waals surface area contributed by atoms with Crippen LogP contribution in [-0.4, -0.2) is 15.3 Å². The number of fused-ring (bicyclic) bond motifs is 4. The molecule has 1 unspecified atom stereocenters. The van der Waals surface area contributed by atoms with Crippen LogP contribution in [0.5, 0.6) is 0 Å². The molecular weight excluding hydrogens is 336 g/mol. The highest BCUT2D eigenvalue weighted by Crippen LogP contribution is 2.41. The predicted molar refractivity (Wildman–Crippen MR) is 96.0 cm³/mol. The van der Waals surface area contributed by atoms with E-state index in [4.69, 9.17) is 16.0 Å². The van der Waals surface area contributed by atoms with Crippen LogP contribution in [0.25, 0.3) is 22.2 Å². The van der Waals surface area contributed by atoms with Crippen LogP contribution in [0.15, 0.2) is 65.5 Å². The lowest BCUT2D eigenvalue weighted by Crippen LogP contribution is -2.11. The fourth-order valence-electron chi connectivity index (χ4n) is 3.62. The van der Waals surface area contributed by atoms with E-state index in [1.807, 2.05) is 24.4 Å². The van der Waals surface area contributed by atoms with Gasteiger partial charge in [0.1, 0.15) is 5.58 Å². The summed E-state index contributed by atoms with van der Waals surface area (Å²) >= 11 is 5.89. The molecule has 0 saturated heterocycles. The molecule has 1 aliphatic heterocycles. The largest absolute Gasteiger partial charge is 0.445 e. The minimum absolute atomic E-state index is 0.0233. The van der Waals surface area contributed by atoms with Crippen molar-refractivity contribution < 1.29 is 9.21 Å². The minimum Gasteiger partial charge on any atom is -0.445 e. The Balaban J connectivity index is 1.51. The van der Waals surface area contributed by atoms with Gasteiger partial charge in [0.2, 0.25) is 0 Å². The van der Waals surface area contributed by atoms with Crippen LogP contribution in [0.1, 0.15) is 28.4 Å². The molecule has 0 saturated carbocycles. The molecular formula is C20H13ClN2O2. The van der Waals surface area contributed by atoms with E-state index in [9.17, 15) is 4.79 Å². The Kier molecular flexibility index (Phi) is 3.09. The molecule has 3 heterocycles. The van der Waals surface area contributed by atoms with Gasteiger partial charge in [-0.25, -0.2) is 4.98 Å². The molecule has 0 aliphatic carbocycles. The first-order valence-corrected chi connectivity index (χ1v) is 8.42. The third-order valence-electron chi connectivity index (χ3n) is 4.78. The minimum atomic E-state index is -0.0233. The molecule has 0 bridgehead atoms. The number of hydrogen-bond acceptors (Lipinski definition) is 3. The van der Waals surface area contributed by atoms with Gasteiger partial charge in [0, 0.05) is 29.0 Å². The van der Waals surface area contributed by atoms with E-state index < -0.39 is 0 Å². The first kappa shape index (κ1) is 14.5. The van der Waals surface area contributed by atoms with Crippen molar-refractivity contribution in [1.29, 1.82) is 0 Å². The Morgan fingerprint density at radius 3 is 3.00 bits per heavy atom. The number of Topliss-reactive ketones (excluding diaryl/α,β-unsaturated/α-hetero) is 1. The summed E-state index contributed by atoms with van der Waals surface area (Å²) in [6.45, 7) is 0. The van der Waals surface area contributed by atoms with Crippen molar-refractivity contribution in [3.8, 4) is 11.3 Å². The molecule has 4 aromatic rings. The van der Waals surface area contributed by atoms with Crippen LogP contribution in [0.3, 0.4) is 0 Å². The van der Waals surface area contributed by atoms with Crippen molar-refractivity contribution in [3.63, 3.8) is 0 Å². The normalized spacial score (nSPS) is 15.3. The van der Waals surface area contributed by atoms with E-state index in [1.165, 1.54) is 5.56 Å². The van der Waals surface area contributed by atoms with Gasteiger partial charge >= 0.3 is 0 Å². The second-order valence-corrected chi connectivity index (χ2v) is 6.59. The molecule has 122 valence electrons. The topological polar surface area (TPSA) is 48.0 Å². The first-order chi connectivity index (χ1) is 12.2. The standard InChI is InChI=1S/C20H13ClN2O2/c21-20-8-13-7-12(5-6-19(13)25-20)18(24)9-16-14-3-1-2-4-15(14)17-10-22-11-23(16)17/h1-8,10-11,16H,9H2. The summed E-state index contributed by atoms with van der Waals surface area (Å²) in [5, 5.41) is 1.17. The highest BCUT2D eigenvalue weighted by molar-refractivity contribution is 6.29. The lowest BCUT2D eigenvalue weighted by Gasteiger charge is -2.14. The molecule has 1 aliphatic rings. The Hall–Kier alpha value is -2.85. The Labute approximate surface area is 148 Å². The van der Waals surface area contributed by atoms with Crippen LogP contribution in [0.4, 0.5) is 0 Å². The molecule has 2 aromatic heterocycles. The fourth-order valence-corrected chi connectivity index (χ4v) is 3.82. The maximum Gasteiger partial charge on any atom is 0.194 e. The first-order valence-electron chi connectivity index (χ1n) is 8.04. The zero-order chi connectivity index (χ0) is 17.0. The second-order valence-electron chi connectivity index (χ2n) is 6.22. The number of carbonyl (C=O) groups excluding carboxylic acids is 1. The van der Waals surface area contributed by atoms with Crippen molar-refractivity contribution >= 4 is 28.4 Å². The predicted octanol–water partition coefficient (Wildman–Crippen LogP) is 5.13. The van der Waals surface area contributed by atoms with Crippen molar-refractivity contribution in [2.24, 2.45) is 0 Å². The van der Waals surface area contributed by atoms with Gasteiger partial charge in [-0.05, 0) is 35.4 Å². The summed E-state index contributed by atoms with van der Waals surface area (Å²) in [4.78, 5) is 17.1. The smallest absolute Gasteiger partial charge is 0.194 e. The number of halogens is 1. The Morgan fingerprint density at radius 2 is 2.08 bits per heavy atom. The molecule has 25 heavy (non-hydrogen) atoms. The number of imidazole rings is 1. The van der Waals surface area contributed by atoms with Gasteiger partial charge in [-0.15, -0.1) is 0 Å². The molecule has 5 rings (SSSR count). The monoisotopic (exact) mass is 348 g/mol. The number of furan rings is 1. The second kappa shape index (κ2) is 5.33. The average Bonchev–Trinajstić information content (AvgIpc) is 3.29. The third-order valence-corrected chi connectivity index (χ3v) is 4.97. The summed E-state index contributed by atoms with van der Waals surface area (Å²) in [7, 11) is 0. The lowest BCUT2D eigenvalue weighted by molar-refractivity contribution is 0.0970. The van der Waals surface area contributed by atoms with E-state index in [0.29, 0.717) is 22.8 Å². The lowest BCUT2D eigenvalue weighted by atomic mass is 9.96. The summed E-state index contributed by atoms with van der Waals surface area (Å²) in [5.74, 6) is 0.0839. The molecule has 0 amide bonds. The van der Waals surface area contributed by atoms with Gasteiger partial charge < -0.3 is 8.98 Å². The SMILES string of the molecule is O=C(CC1c2ccccc2-c2cncn21)c1ccc2oc(Cl)cc2c1. The van der Waals surface area contributed by atoms with E-state index in [0.717, 1.165) is 16.6 Å². The van der Waals surface area contributed by atoms with E-state index in [2.05, 4.69) is 21.7 Å². The van der Waals surface area contributed by atoms with Crippen molar-refractivity contribution in [1.82, 2.24) is 9.55 Å². The molecule has 5 heteroatoms. The average molecular weight is 349 g/mol. The van der Waals surface area contributed by atoms with E-state index >= 15 is 0 Å². The number of ketones is 1. The number of nitrogens with zero attached hydrogens (tertiary/aromatic N) is 2. The number of rotatable bonds is 3. The summed E-state index contributed by atoms with van der Waals surface area (Å²) in [6.07, 6.45) is 4.03. The zero-order valence-electron chi connectivity index (χ0n) is 13.1. The summed E-state index contributed by atoms with van der Waals surface area (Å²) in [6, 6.07) is 15.3. The molecule has 0 N–H and O–H groups in total. The molecule has 2 aromatic carbocycles. The molecule has 4 nitrogen and oxygen atoms in total. The highest BCUT2D eigenvalue weighted by Gasteiger charge is 2.29. The molecule has 1 atom stereocenters. The summed E-state index contributed by atoms with van der Waals surface area (Å²) < 4.78 is 7.44. The van der Waals surface area contributed by atoms with Gasteiger partial charge in [0.25, 0.3) is 0 Å². The maximum atomic E-state index is 12.9. The van der Waals surface area contributed by atoms with Gasteiger partial charge in [-0.1, -0.05) is 24.3 Å². The fraction of sp³-hybridized carbons (Fsp3) is 0.100. The van der Waals surface area contributed by atoms with Gasteiger partial charge in [0.05, 0.1) is 24.3 Å². The quantitative estimate of drug-likeness (QED) is 0.482. The Morgan fingerprint density at radius 1 is 1.20 bits per heavy atom. The number of aromatic nitrogens is 2. The van der Waals surface area contributed by atoms with Gasteiger partial charge in [-0.2, -0.15) is 0 Å². The van der Waals surface area contributed by atoms with Crippen molar-refractivity contribution in [2.45, 2.75) is 12.5 Å².